The Morgan fingerprint density at radius 2 is 1.75 bits per heavy atom. The summed E-state index contributed by atoms with van der Waals surface area (Å²) in [5.41, 5.74) is 0.371. The van der Waals surface area contributed by atoms with Gasteiger partial charge in [0.2, 0.25) is 0 Å². The van der Waals surface area contributed by atoms with E-state index in [2.05, 4.69) is 15.4 Å². The van der Waals surface area contributed by atoms with Gasteiger partial charge in [0.05, 0.1) is 18.5 Å². The molecule has 0 spiro atoms. The number of nitrogens with one attached hydrogen (secondary N) is 2. The van der Waals surface area contributed by atoms with Crippen LogP contribution in [-0.2, 0) is 15.2 Å². The normalized spacial score (nSPS) is 14.1. The van der Waals surface area contributed by atoms with E-state index in [9.17, 15) is 18.7 Å². The average molecular weight is 411 g/mol. The number of phenolic OH excluding ortho intramolecular Hbond substituents is 1. The predicted octanol–water partition coefficient (Wildman–Crippen LogP) is 5.14. The van der Waals surface area contributed by atoms with E-state index >= 15 is 0 Å². The first kappa shape index (κ1) is 20.2. The average Bonchev–Trinajstić information content (AvgIpc) is 2.99. The Balaban J connectivity index is 1.83. The molecule has 0 unspecified atom stereocenters. The highest BCUT2D eigenvalue weighted by atomic mass is 35.5. The number of halogens is 3. The fourth-order valence-electron chi connectivity index (χ4n) is 3.44. The van der Waals surface area contributed by atoms with E-state index in [4.69, 9.17) is 11.6 Å². The van der Waals surface area contributed by atoms with Gasteiger partial charge in [-0.3, -0.25) is 4.79 Å². The lowest BCUT2D eigenvalue weighted by Gasteiger charge is -2.32. The van der Waals surface area contributed by atoms with Crippen LogP contribution in [0.1, 0.15) is 37.7 Å². The fourth-order valence-corrected chi connectivity index (χ4v) is 3.61. The van der Waals surface area contributed by atoms with Crippen molar-refractivity contribution in [1.29, 1.82) is 0 Å². The summed E-state index contributed by atoms with van der Waals surface area (Å²) < 4.78 is 32.0. The Labute approximate surface area is 166 Å². The van der Waals surface area contributed by atoms with Gasteiger partial charge in [-0.15, -0.1) is 0 Å². The van der Waals surface area contributed by atoms with Gasteiger partial charge in [0.25, 0.3) is 0 Å². The molecule has 0 amide bonds. The lowest BCUT2D eigenvalue weighted by Crippen LogP contribution is -2.38. The largest absolute Gasteiger partial charge is 0.507 e. The van der Waals surface area contributed by atoms with Crippen LogP contribution in [0.5, 0.6) is 5.75 Å². The lowest BCUT2D eigenvalue weighted by molar-refractivity contribution is -0.140. The highest BCUT2D eigenvalue weighted by Gasteiger charge is 2.40. The van der Waals surface area contributed by atoms with Crippen molar-refractivity contribution in [3.8, 4) is 5.75 Å². The standard InChI is InChI=1S/C20H21ClF2N2O3/c1-28-19(27)5-3-2-4-8-20(13-7-6-12(21)9-18(13)26)24-16-10-14(22)15(23)11-17(16)25-20/h6-7,9-11,24-26H,2-5,8H2,1H3. The van der Waals surface area contributed by atoms with Crippen LogP contribution < -0.4 is 10.6 Å². The maximum absolute atomic E-state index is 13.7. The van der Waals surface area contributed by atoms with Crippen LogP contribution in [-0.4, -0.2) is 18.2 Å². The molecular weight excluding hydrogens is 390 g/mol. The zero-order valence-electron chi connectivity index (χ0n) is 15.3. The summed E-state index contributed by atoms with van der Waals surface area (Å²) in [5.74, 6) is -2.21. The van der Waals surface area contributed by atoms with Gasteiger partial charge < -0.3 is 20.5 Å². The third-order valence-electron chi connectivity index (χ3n) is 4.84. The molecule has 0 aliphatic carbocycles. The van der Waals surface area contributed by atoms with Crippen molar-refractivity contribution in [2.45, 2.75) is 37.8 Å². The molecule has 5 nitrogen and oxygen atoms in total. The zero-order chi connectivity index (χ0) is 20.3. The molecule has 1 aliphatic rings. The molecule has 2 aromatic rings. The van der Waals surface area contributed by atoms with E-state index in [0.717, 1.165) is 18.6 Å². The Morgan fingerprint density at radius 1 is 1.11 bits per heavy atom. The molecule has 2 aromatic carbocycles. The van der Waals surface area contributed by atoms with Crippen LogP contribution >= 0.6 is 11.6 Å². The first-order chi connectivity index (χ1) is 13.3. The molecule has 1 aliphatic heterocycles. The van der Waals surface area contributed by atoms with Crippen molar-refractivity contribution < 1.29 is 23.4 Å². The number of methoxy groups -OCH3 is 1. The monoisotopic (exact) mass is 410 g/mol. The minimum absolute atomic E-state index is 0.0317. The van der Waals surface area contributed by atoms with Crippen molar-refractivity contribution in [3.05, 3.63) is 52.6 Å². The van der Waals surface area contributed by atoms with Gasteiger partial charge in [0, 0.05) is 29.1 Å². The molecule has 0 saturated carbocycles. The Morgan fingerprint density at radius 3 is 2.32 bits per heavy atom. The summed E-state index contributed by atoms with van der Waals surface area (Å²) in [6.07, 6.45) is 2.92. The second-order valence-electron chi connectivity index (χ2n) is 6.77. The number of benzene rings is 2. The number of carbonyl (C=O) groups is 1. The van der Waals surface area contributed by atoms with Gasteiger partial charge in [0.15, 0.2) is 11.6 Å². The van der Waals surface area contributed by atoms with Crippen molar-refractivity contribution in [2.75, 3.05) is 17.7 Å². The van der Waals surface area contributed by atoms with Crippen molar-refractivity contribution in [3.63, 3.8) is 0 Å². The summed E-state index contributed by atoms with van der Waals surface area (Å²) in [7, 11) is 1.35. The SMILES string of the molecule is COC(=O)CCCCCC1(c2ccc(Cl)cc2O)Nc2cc(F)c(F)cc2N1. The number of hydrogen-bond donors (Lipinski definition) is 3. The maximum Gasteiger partial charge on any atom is 0.305 e. The number of unbranched alkanes of at least 4 members (excludes halogenated alkanes) is 2. The number of ether oxygens (including phenoxy) is 1. The van der Waals surface area contributed by atoms with Gasteiger partial charge in [-0.1, -0.05) is 18.0 Å². The Kier molecular flexibility index (Phi) is 5.93. The summed E-state index contributed by atoms with van der Waals surface area (Å²) in [6, 6.07) is 6.91. The quantitative estimate of drug-likeness (QED) is 0.435. The smallest absolute Gasteiger partial charge is 0.305 e. The highest BCUT2D eigenvalue weighted by molar-refractivity contribution is 6.30. The van der Waals surface area contributed by atoms with Crippen LogP contribution in [0.15, 0.2) is 30.3 Å². The number of carbonyl (C=O) groups excluding carboxylic acids is 1. The number of hydrogen-bond acceptors (Lipinski definition) is 5. The van der Waals surface area contributed by atoms with E-state index in [1.807, 2.05) is 0 Å². The second kappa shape index (κ2) is 8.22. The van der Waals surface area contributed by atoms with Crippen molar-refractivity contribution in [1.82, 2.24) is 0 Å². The topological polar surface area (TPSA) is 70.6 Å². The number of anilines is 2. The number of phenols is 1. The first-order valence-electron chi connectivity index (χ1n) is 8.96. The Bertz CT molecular complexity index is 861. The van der Waals surface area contributed by atoms with E-state index in [1.165, 1.54) is 13.2 Å². The molecule has 8 heteroatoms. The van der Waals surface area contributed by atoms with Crippen LogP contribution in [0.25, 0.3) is 0 Å². The highest BCUT2D eigenvalue weighted by Crippen LogP contribution is 2.46. The van der Waals surface area contributed by atoms with Crippen molar-refractivity contribution in [2.24, 2.45) is 0 Å². The van der Waals surface area contributed by atoms with Gasteiger partial charge >= 0.3 is 5.97 Å². The summed E-state index contributed by atoms with van der Waals surface area (Å²) >= 11 is 5.94. The molecule has 1 heterocycles. The fraction of sp³-hybridized carbons (Fsp3) is 0.350. The molecule has 0 atom stereocenters. The summed E-state index contributed by atoms with van der Waals surface area (Å²) in [6.45, 7) is 0. The molecule has 3 rings (SSSR count). The molecule has 0 fully saturated rings. The van der Waals surface area contributed by atoms with Crippen LogP contribution in [0.3, 0.4) is 0 Å². The van der Waals surface area contributed by atoms with E-state index in [1.54, 1.807) is 12.1 Å². The molecule has 3 N–H and O–H groups in total. The molecule has 0 saturated heterocycles. The molecular formula is C20H21ClF2N2O3. The second-order valence-corrected chi connectivity index (χ2v) is 7.20. The minimum atomic E-state index is -0.956. The lowest BCUT2D eigenvalue weighted by atomic mass is 9.92. The van der Waals surface area contributed by atoms with Crippen molar-refractivity contribution >= 4 is 28.9 Å². The Hall–Kier alpha value is -2.54. The zero-order valence-corrected chi connectivity index (χ0v) is 16.1. The van der Waals surface area contributed by atoms with E-state index in [-0.39, 0.29) is 11.7 Å². The molecule has 28 heavy (non-hydrogen) atoms. The number of aromatic hydroxyl groups is 1. The van der Waals surface area contributed by atoms with E-state index in [0.29, 0.717) is 47.6 Å². The number of esters is 1. The molecule has 0 radical (unpaired) electrons. The third kappa shape index (κ3) is 4.14. The summed E-state index contributed by atoms with van der Waals surface area (Å²) in [5, 5.41) is 17.2. The predicted molar refractivity (Wildman–Crippen MR) is 103 cm³/mol. The minimum Gasteiger partial charge on any atom is -0.507 e. The van der Waals surface area contributed by atoms with Crippen LogP contribution in [0.4, 0.5) is 20.2 Å². The van der Waals surface area contributed by atoms with Gasteiger partial charge in [-0.05, 0) is 37.5 Å². The number of fused-ring (bicyclic) bond motifs is 1. The molecule has 0 bridgehead atoms. The van der Waals surface area contributed by atoms with Gasteiger partial charge in [-0.2, -0.15) is 0 Å². The van der Waals surface area contributed by atoms with E-state index < -0.39 is 17.3 Å². The first-order valence-corrected chi connectivity index (χ1v) is 9.33. The molecule has 0 aromatic heterocycles. The van der Waals surface area contributed by atoms with Crippen LogP contribution in [0, 0.1) is 11.6 Å². The van der Waals surface area contributed by atoms with Gasteiger partial charge in [-0.25, -0.2) is 8.78 Å². The summed E-state index contributed by atoms with van der Waals surface area (Å²) in [4.78, 5) is 11.2. The maximum atomic E-state index is 13.7. The third-order valence-corrected chi connectivity index (χ3v) is 5.07. The molecule has 150 valence electrons. The number of rotatable bonds is 7. The van der Waals surface area contributed by atoms with Crippen LogP contribution in [0.2, 0.25) is 5.02 Å². The van der Waals surface area contributed by atoms with Gasteiger partial charge in [0.1, 0.15) is 11.4 Å².